The quantitative estimate of drug-likeness (QED) is 0.117. The van der Waals surface area contributed by atoms with Gasteiger partial charge in [-0.3, -0.25) is 14.6 Å². The Kier molecular flexibility index (Phi) is 15.6. The molecule has 0 aliphatic carbocycles. The number of aliphatic hydroxyl groups excluding tert-OH is 1. The standard InChI is InChI=1S/C28H49N5O4/c1-2-3-4-5-6-7-8-9-10-11-12-13-14-15-16-17-24(35)37-21-22(18-19-34)20-23-30-25-26(31-23)32-28(29)33-27(25)36/h22,34H,2-21H2,1H3,(H4,29,30,31,32,33,36). The van der Waals surface area contributed by atoms with Crippen LogP contribution in [0.1, 0.15) is 122 Å². The first kappa shape index (κ1) is 30.8. The number of hydrogen-bond acceptors (Lipinski definition) is 7. The van der Waals surface area contributed by atoms with Gasteiger partial charge in [-0.05, 0) is 12.8 Å². The number of carbonyl (C=O) groups is 1. The van der Waals surface area contributed by atoms with E-state index in [-0.39, 0.29) is 47.8 Å². The number of hydrogen-bond donors (Lipinski definition) is 4. The van der Waals surface area contributed by atoms with Crippen LogP contribution >= 0.6 is 0 Å². The predicted molar refractivity (Wildman–Crippen MR) is 148 cm³/mol. The van der Waals surface area contributed by atoms with E-state index < -0.39 is 0 Å². The van der Waals surface area contributed by atoms with E-state index in [2.05, 4.69) is 26.9 Å². The van der Waals surface area contributed by atoms with Gasteiger partial charge in [-0.2, -0.15) is 4.98 Å². The van der Waals surface area contributed by atoms with Crippen molar-refractivity contribution in [3.05, 3.63) is 16.2 Å². The van der Waals surface area contributed by atoms with Gasteiger partial charge >= 0.3 is 5.97 Å². The molecule has 0 spiro atoms. The fraction of sp³-hybridized carbons (Fsp3) is 0.786. The van der Waals surface area contributed by atoms with Gasteiger partial charge in [-0.1, -0.05) is 96.8 Å². The van der Waals surface area contributed by atoms with Crippen LogP contribution in [0.25, 0.3) is 11.2 Å². The van der Waals surface area contributed by atoms with Crippen molar-refractivity contribution >= 4 is 23.1 Å². The summed E-state index contributed by atoms with van der Waals surface area (Å²) < 4.78 is 5.47. The molecule has 0 aliphatic heterocycles. The van der Waals surface area contributed by atoms with Gasteiger partial charge in [0.1, 0.15) is 5.82 Å². The second-order valence-electron chi connectivity index (χ2n) is 10.3. The van der Waals surface area contributed by atoms with E-state index >= 15 is 0 Å². The molecule has 0 amide bonds. The Morgan fingerprint density at radius 2 is 1.46 bits per heavy atom. The normalized spacial score (nSPS) is 12.3. The van der Waals surface area contributed by atoms with Crippen LogP contribution in [0.15, 0.2) is 4.79 Å². The van der Waals surface area contributed by atoms with Crippen molar-refractivity contribution in [3.63, 3.8) is 0 Å². The smallest absolute Gasteiger partial charge is 0.305 e. The van der Waals surface area contributed by atoms with E-state index in [9.17, 15) is 14.7 Å². The lowest BCUT2D eigenvalue weighted by atomic mass is 10.0. The molecule has 0 fully saturated rings. The van der Waals surface area contributed by atoms with Crippen molar-refractivity contribution in [2.24, 2.45) is 5.92 Å². The lowest BCUT2D eigenvalue weighted by Gasteiger charge is -2.14. The number of aromatic amines is 2. The molecule has 0 saturated heterocycles. The summed E-state index contributed by atoms with van der Waals surface area (Å²) in [6.07, 6.45) is 20.7. The third-order valence-corrected chi connectivity index (χ3v) is 6.91. The molecule has 9 heteroatoms. The monoisotopic (exact) mass is 519 g/mol. The summed E-state index contributed by atoms with van der Waals surface area (Å²) in [5.74, 6) is 0.255. The number of rotatable bonds is 22. The summed E-state index contributed by atoms with van der Waals surface area (Å²) in [6.45, 7) is 2.45. The molecular weight excluding hydrogens is 470 g/mol. The molecule has 1 atom stereocenters. The molecule has 37 heavy (non-hydrogen) atoms. The zero-order valence-corrected chi connectivity index (χ0v) is 22.9. The van der Waals surface area contributed by atoms with Gasteiger partial charge in [-0.15, -0.1) is 0 Å². The molecule has 5 N–H and O–H groups in total. The number of aliphatic hydroxyl groups is 1. The fourth-order valence-corrected chi connectivity index (χ4v) is 4.69. The first-order valence-corrected chi connectivity index (χ1v) is 14.5. The minimum Gasteiger partial charge on any atom is -0.465 e. The van der Waals surface area contributed by atoms with E-state index in [1.807, 2.05) is 0 Å². The van der Waals surface area contributed by atoms with E-state index in [1.54, 1.807) is 0 Å². The number of aromatic nitrogens is 4. The van der Waals surface area contributed by atoms with Gasteiger partial charge in [-0.25, -0.2) is 4.98 Å². The second kappa shape index (κ2) is 18.8. The van der Waals surface area contributed by atoms with Gasteiger partial charge < -0.3 is 20.6 Å². The van der Waals surface area contributed by atoms with Gasteiger partial charge in [0.2, 0.25) is 5.95 Å². The Balaban J connectivity index is 1.50. The minimum absolute atomic E-state index is 0.00944. The van der Waals surface area contributed by atoms with E-state index in [4.69, 9.17) is 10.5 Å². The highest BCUT2D eigenvalue weighted by molar-refractivity contribution is 5.70. The molecule has 0 aliphatic rings. The number of fused-ring (bicyclic) bond motifs is 1. The highest BCUT2D eigenvalue weighted by Crippen LogP contribution is 2.16. The summed E-state index contributed by atoms with van der Waals surface area (Å²) in [6, 6.07) is 0. The summed E-state index contributed by atoms with van der Waals surface area (Å²) in [5.41, 5.74) is 5.70. The maximum atomic E-state index is 12.2. The van der Waals surface area contributed by atoms with Crippen LogP contribution in [0.5, 0.6) is 0 Å². The number of nitrogens with zero attached hydrogens (tertiary/aromatic N) is 2. The topological polar surface area (TPSA) is 147 Å². The number of anilines is 1. The number of H-pyrrole nitrogens is 2. The number of nitrogens with one attached hydrogen (secondary N) is 2. The Hall–Kier alpha value is -2.42. The largest absolute Gasteiger partial charge is 0.465 e. The second-order valence-corrected chi connectivity index (χ2v) is 10.3. The molecule has 0 saturated carbocycles. The summed E-state index contributed by atoms with van der Waals surface area (Å²) >= 11 is 0. The van der Waals surface area contributed by atoms with E-state index in [0.29, 0.717) is 25.1 Å². The van der Waals surface area contributed by atoms with E-state index in [1.165, 1.54) is 83.5 Å². The van der Waals surface area contributed by atoms with Crippen LogP contribution in [0.3, 0.4) is 0 Å². The predicted octanol–water partition coefficient (Wildman–Crippen LogP) is 5.57. The molecule has 210 valence electrons. The number of imidazole rings is 1. The molecule has 2 aromatic heterocycles. The number of unbranched alkanes of at least 4 members (excludes halogenated alkanes) is 14. The number of nitrogens with two attached hydrogens (primary N) is 1. The van der Waals surface area contributed by atoms with Crippen molar-refractivity contribution in [2.75, 3.05) is 18.9 Å². The van der Waals surface area contributed by atoms with E-state index in [0.717, 1.165) is 12.8 Å². The van der Waals surface area contributed by atoms with Crippen molar-refractivity contribution in [2.45, 2.75) is 122 Å². The lowest BCUT2D eigenvalue weighted by Crippen LogP contribution is -2.18. The number of carbonyl (C=O) groups excluding carboxylic acids is 1. The molecule has 0 bridgehead atoms. The summed E-state index contributed by atoms with van der Waals surface area (Å²) in [4.78, 5) is 37.9. The maximum absolute atomic E-state index is 12.2. The fourth-order valence-electron chi connectivity index (χ4n) is 4.69. The van der Waals surface area contributed by atoms with Crippen molar-refractivity contribution in [3.8, 4) is 0 Å². The zero-order valence-electron chi connectivity index (χ0n) is 22.9. The molecule has 0 aromatic carbocycles. The number of esters is 1. The average Bonchev–Trinajstić information content (AvgIpc) is 3.27. The SMILES string of the molecule is CCCCCCCCCCCCCCCCCC(=O)OCC(CCO)Cc1nc2nc(N)[nH]c(=O)c2[nH]1. The number of ether oxygens (including phenoxy) is 1. The van der Waals surface area contributed by atoms with Crippen molar-refractivity contribution < 1.29 is 14.6 Å². The zero-order chi connectivity index (χ0) is 26.7. The average molecular weight is 520 g/mol. The van der Waals surface area contributed by atoms with Gasteiger partial charge in [0.25, 0.3) is 5.56 Å². The maximum Gasteiger partial charge on any atom is 0.305 e. The number of nitrogen functional groups attached to an aromatic ring is 1. The molecule has 2 rings (SSSR count). The van der Waals surface area contributed by atoms with Crippen LogP contribution in [-0.2, 0) is 16.0 Å². The lowest BCUT2D eigenvalue weighted by molar-refractivity contribution is -0.145. The van der Waals surface area contributed by atoms with Gasteiger partial charge in [0.05, 0.1) is 6.61 Å². The van der Waals surface area contributed by atoms with Crippen molar-refractivity contribution in [1.82, 2.24) is 19.9 Å². The van der Waals surface area contributed by atoms with Crippen LogP contribution in [0.2, 0.25) is 0 Å². The third-order valence-electron chi connectivity index (χ3n) is 6.91. The molecule has 9 nitrogen and oxygen atoms in total. The van der Waals surface area contributed by atoms with Gasteiger partial charge in [0.15, 0.2) is 11.2 Å². The molecule has 2 heterocycles. The first-order valence-electron chi connectivity index (χ1n) is 14.5. The Morgan fingerprint density at radius 3 is 2.03 bits per heavy atom. The highest BCUT2D eigenvalue weighted by atomic mass is 16.5. The van der Waals surface area contributed by atoms with Gasteiger partial charge in [0, 0.05) is 25.4 Å². The third kappa shape index (κ3) is 13.1. The Labute approximate surface area is 221 Å². The first-order chi connectivity index (χ1) is 18.0. The summed E-state index contributed by atoms with van der Waals surface area (Å²) in [7, 11) is 0. The molecule has 0 radical (unpaired) electrons. The van der Waals surface area contributed by atoms with Crippen LogP contribution < -0.4 is 11.3 Å². The van der Waals surface area contributed by atoms with Crippen molar-refractivity contribution in [1.29, 1.82) is 0 Å². The highest BCUT2D eigenvalue weighted by Gasteiger charge is 2.16. The van der Waals surface area contributed by atoms with Crippen LogP contribution in [0, 0.1) is 5.92 Å². The summed E-state index contributed by atoms with van der Waals surface area (Å²) in [5, 5.41) is 9.40. The Morgan fingerprint density at radius 1 is 0.892 bits per heavy atom. The van der Waals surface area contributed by atoms with Crippen LogP contribution in [0.4, 0.5) is 5.95 Å². The minimum atomic E-state index is -0.380. The molecular formula is C28H49N5O4. The van der Waals surface area contributed by atoms with Crippen LogP contribution in [-0.4, -0.2) is 44.2 Å². The molecule has 1 unspecified atom stereocenters. The Bertz CT molecular complexity index is 942. The molecule has 2 aromatic rings.